The molecule has 0 saturated heterocycles. The summed E-state index contributed by atoms with van der Waals surface area (Å²) < 4.78 is 5.09. The second kappa shape index (κ2) is 9.08. The predicted octanol–water partition coefficient (Wildman–Crippen LogP) is 2.19. The van der Waals surface area contributed by atoms with Crippen molar-refractivity contribution in [2.24, 2.45) is 5.73 Å². The molecule has 5 nitrogen and oxygen atoms in total. The van der Waals surface area contributed by atoms with Crippen LogP contribution in [0.15, 0.2) is 0 Å². The van der Waals surface area contributed by atoms with E-state index >= 15 is 0 Å². The number of esters is 1. The summed E-state index contributed by atoms with van der Waals surface area (Å²) in [6.07, 6.45) is 0.819. The van der Waals surface area contributed by atoms with Gasteiger partial charge < -0.3 is 15.6 Å². The van der Waals surface area contributed by atoms with Crippen LogP contribution in [0.1, 0.15) is 67.7 Å². The summed E-state index contributed by atoms with van der Waals surface area (Å²) in [6, 6.07) is 0.333. The van der Waals surface area contributed by atoms with Gasteiger partial charge in [0.1, 0.15) is 11.2 Å². The Morgan fingerprint density at radius 3 is 1.80 bits per heavy atom. The molecule has 0 aliphatic rings. The first-order chi connectivity index (χ1) is 8.75. The second-order valence-electron chi connectivity index (χ2n) is 6.67. The molecule has 0 aromatic rings. The zero-order valence-electron chi connectivity index (χ0n) is 13.9. The molecule has 0 heterocycles. The molecule has 0 bridgehead atoms. The Bertz CT molecular complexity index is 295. The molecule has 0 rings (SSSR count). The zero-order chi connectivity index (χ0) is 16.6. The van der Waals surface area contributed by atoms with Crippen molar-refractivity contribution >= 4 is 11.8 Å². The van der Waals surface area contributed by atoms with E-state index in [2.05, 4.69) is 0 Å². The lowest BCUT2D eigenvalue weighted by Gasteiger charge is -2.19. The van der Waals surface area contributed by atoms with Gasteiger partial charge in [-0.1, -0.05) is 13.8 Å². The Kier molecular flexibility index (Phi) is 9.70. The largest absolute Gasteiger partial charge is 0.460 e. The average molecular weight is 289 g/mol. The van der Waals surface area contributed by atoms with Crippen LogP contribution in [0, 0.1) is 0 Å². The van der Waals surface area contributed by atoms with Crippen LogP contribution in [0.2, 0.25) is 0 Å². The highest BCUT2D eigenvalue weighted by Crippen LogP contribution is 2.12. The molecule has 20 heavy (non-hydrogen) atoms. The lowest BCUT2D eigenvalue weighted by molar-refractivity contribution is -0.155. The Labute approximate surface area is 122 Å². The van der Waals surface area contributed by atoms with E-state index in [0.29, 0.717) is 12.5 Å². The molecule has 0 fully saturated rings. The molecule has 120 valence electrons. The van der Waals surface area contributed by atoms with E-state index in [4.69, 9.17) is 10.5 Å². The number of carbonyl (C=O) groups is 2. The molecule has 0 saturated carbocycles. The van der Waals surface area contributed by atoms with Crippen molar-refractivity contribution in [3.63, 3.8) is 0 Å². The van der Waals surface area contributed by atoms with Crippen molar-refractivity contribution in [1.82, 2.24) is 0 Å². The number of ether oxygens (including phenoxy) is 1. The SMILES string of the molecule is CC(C)(C)OC(=O)CCCC(=O)C(C)(C)O.CC(C)N. The number of hydrogen-bond acceptors (Lipinski definition) is 5. The fourth-order valence-corrected chi connectivity index (χ4v) is 1.09. The predicted molar refractivity (Wildman–Crippen MR) is 80.3 cm³/mol. The van der Waals surface area contributed by atoms with Gasteiger partial charge in [0, 0.05) is 12.8 Å². The number of carbonyl (C=O) groups excluding carboxylic acids is 2. The summed E-state index contributed by atoms with van der Waals surface area (Å²) in [4.78, 5) is 22.6. The minimum absolute atomic E-state index is 0.197. The summed E-state index contributed by atoms with van der Waals surface area (Å²) in [5.41, 5.74) is 3.31. The maximum absolute atomic E-state index is 11.3. The first-order valence-electron chi connectivity index (χ1n) is 6.99. The standard InChI is InChI=1S/C12H22O4.C3H9N/c1-11(2,3)16-10(14)8-6-7-9(13)12(4,5)15;1-3(2)4/h15H,6-8H2,1-5H3;3H,4H2,1-2H3. The molecule has 0 atom stereocenters. The van der Waals surface area contributed by atoms with E-state index in [9.17, 15) is 14.7 Å². The summed E-state index contributed by atoms with van der Waals surface area (Å²) in [7, 11) is 0. The van der Waals surface area contributed by atoms with Crippen LogP contribution in [0.25, 0.3) is 0 Å². The molecule has 0 amide bonds. The highest BCUT2D eigenvalue weighted by molar-refractivity contribution is 5.86. The molecule has 0 spiro atoms. The van der Waals surface area contributed by atoms with Gasteiger partial charge >= 0.3 is 5.97 Å². The summed E-state index contributed by atoms with van der Waals surface area (Å²) >= 11 is 0. The van der Waals surface area contributed by atoms with Crippen molar-refractivity contribution in [2.75, 3.05) is 0 Å². The van der Waals surface area contributed by atoms with Gasteiger partial charge in [0.25, 0.3) is 0 Å². The highest BCUT2D eigenvalue weighted by Gasteiger charge is 2.23. The normalized spacial score (nSPS) is 11.7. The molecular weight excluding hydrogens is 258 g/mol. The Morgan fingerprint density at radius 1 is 1.10 bits per heavy atom. The van der Waals surface area contributed by atoms with Crippen LogP contribution in [-0.2, 0) is 14.3 Å². The van der Waals surface area contributed by atoms with Crippen molar-refractivity contribution in [3.8, 4) is 0 Å². The quantitative estimate of drug-likeness (QED) is 0.757. The van der Waals surface area contributed by atoms with E-state index in [1.807, 2.05) is 13.8 Å². The van der Waals surface area contributed by atoms with Gasteiger partial charge in [0.15, 0.2) is 5.78 Å². The second-order valence-corrected chi connectivity index (χ2v) is 6.67. The molecule has 0 radical (unpaired) electrons. The van der Waals surface area contributed by atoms with Gasteiger partial charge in [0.05, 0.1) is 0 Å². The molecule has 0 aliphatic carbocycles. The van der Waals surface area contributed by atoms with Crippen molar-refractivity contribution in [2.45, 2.75) is 85.0 Å². The van der Waals surface area contributed by atoms with Crippen LogP contribution in [0.5, 0.6) is 0 Å². The van der Waals surface area contributed by atoms with Crippen molar-refractivity contribution in [3.05, 3.63) is 0 Å². The van der Waals surface area contributed by atoms with Crippen LogP contribution in [0.3, 0.4) is 0 Å². The van der Waals surface area contributed by atoms with Crippen molar-refractivity contribution in [1.29, 1.82) is 0 Å². The van der Waals surface area contributed by atoms with E-state index in [1.54, 1.807) is 20.8 Å². The third-order valence-electron chi connectivity index (χ3n) is 1.89. The minimum atomic E-state index is -1.31. The maximum atomic E-state index is 11.3. The van der Waals surface area contributed by atoms with Gasteiger partial charge in [-0.2, -0.15) is 0 Å². The van der Waals surface area contributed by atoms with Crippen LogP contribution < -0.4 is 5.73 Å². The summed E-state index contributed by atoms with van der Waals surface area (Å²) in [5, 5.41) is 9.37. The maximum Gasteiger partial charge on any atom is 0.306 e. The molecule has 0 unspecified atom stereocenters. The highest BCUT2D eigenvalue weighted by atomic mass is 16.6. The van der Waals surface area contributed by atoms with E-state index in [0.717, 1.165) is 0 Å². The van der Waals surface area contributed by atoms with Gasteiger partial charge in [-0.3, -0.25) is 9.59 Å². The topological polar surface area (TPSA) is 89.6 Å². The minimum Gasteiger partial charge on any atom is -0.460 e. The Hall–Kier alpha value is -0.940. The first-order valence-corrected chi connectivity index (χ1v) is 6.99. The molecule has 5 heteroatoms. The number of aliphatic hydroxyl groups is 1. The van der Waals surface area contributed by atoms with E-state index < -0.39 is 11.2 Å². The average Bonchev–Trinajstić information content (AvgIpc) is 2.11. The molecule has 0 aromatic carbocycles. The number of nitrogens with two attached hydrogens (primary N) is 1. The van der Waals surface area contributed by atoms with Crippen molar-refractivity contribution < 1.29 is 19.4 Å². The summed E-state index contributed by atoms with van der Waals surface area (Å²) in [6.45, 7) is 12.2. The number of hydrogen-bond donors (Lipinski definition) is 2. The lowest BCUT2D eigenvalue weighted by Crippen LogP contribution is -2.31. The van der Waals surface area contributed by atoms with Crippen LogP contribution in [0.4, 0.5) is 0 Å². The Balaban J connectivity index is 0. The van der Waals surface area contributed by atoms with Crippen LogP contribution in [-0.4, -0.2) is 34.1 Å². The van der Waals surface area contributed by atoms with Gasteiger partial charge in [-0.25, -0.2) is 0 Å². The van der Waals surface area contributed by atoms with Gasteiger partial charge in [-0.15, -0.1) is 0 Å². The summed E-state index contributed by atoms with van der Waals surface area (Å²) in [5.74, 6) is -0.563. The zero-order valence-corrected chi connectivity index (χ0v) is 13.9. The monoisotopic (exact) mass is 289 g/mol. The third-order valence-corrected chi connectivity index (χ3v) is 1.89. The van der Waals surface area contributed by atoms with Gasteiger partial charge in [-0.05, 0) is 47.1 Å². The van der Waals surface area contributed by atoms with Gasteiger partial charge in [0.2, 0.25) is 0 Å². The molecule has 3 N–H and O–H groups in total. The van der Waals surface area contributed by atoms with Crippen LogP contribution >= 0.6 is 0 Å². The number of Topliss-reactive ketones (excluding diaryl/α,β-unsaturated/α-hetero) is 1. The van der Waals surface area contributed by atoms with E-state index in [1.165, 1.54) is 13.8 Å². The number of rotatable bonds is 5. The Morgan fingerprint density at radius 2 is 1.50 bits per heavy atom. The lowest BCUT2D eigenvalue weighted by atomic mass is 9.99. The molecular formula is C15H31NO4. The molecule has 0 aromatic heterocycles. The number of ketones is 1. The first kappa shape index (κ1) is 21.4. The fourth-order valence-electron chi connectivity index (χ4n) is 1.09. The molecule has 0 aliphatic heterocycles. The fraction of sp³-hybridized carbons (Fsp3) is 0.867. The third kappa shape index (κ3) is 17.1. The van der Waals surface area contributed by atoms with E-state index in [-0.39, 0.29) is 24.6 Å². The smallest absolute Gasteiger partial charge is 0.306 e.